The molecule has 9 heteroatoms. The first-order chi connectivity index (χ1) is 14.7. The molecule has 0 unspecified atom stereocenters. The van der Waals surface area contributed by atoms with Crippen LogP contribution in [0.4, 0.5) is 23.4 Å². The first-order valence-electron chi connectivity index (χ1n) is 9.46. The summed E-state index contributed by atoms with van der Waals surface area (Å²) in [6, 6.07) is 15.8. The molecule has 5 nitrogen and oxygen atoms in total. The van der Waals surface area contributed by atoms with Crippen molar-refractivity contribution in [2.24, 2.45) is 0 Å². The second-order valence-corrected chi connectivity index (χ2v) is 7.09. The molecule has 0 radical (unpaired) electrons. The van der Waals surface area contributed by atoms with E-state index in [0.29, 0.717) is 17.9 Å². The fourth-order valence-electron chi connectivity index (χ4n) is 2.76. The average Bonchev–Trinajstić information content (AvgIpc) is 3.16. The van der Waals surface area contributed by atoms with E-state index < -0.39 is 24.9 Å². The van der Waals surface area contributed by atoms with Gasteiger partial charge < -0.3 is 10.1 Å². The lowest BCUT2D eigenvalue weighted by molar-refractivity contribution is -0.168. The molecule has 1 heterocycles. The minimum absolute atomic E-state index is 0.259. The molecule has 1 aromatic heterocycles. The van der Waals surface area contributed by atoms with E-state index in [1.807, 2.05) is 31.2 Å². The van der Waals surface area contributed by atoms with Crippen LogP contribution < -0.4 is 5.32 Å². The fraction of sp³-hybridized carbons (Fsp3) is 0.273. The number of anilines is 1. The van der Waals surface area contributed by atoms with Gasteiger partial charge >= 0.3 is 12.3 Å². The summed E-state index contributed by atoms with van der Waals surface area (Å²) in [5.41, 5.74) is 2.89. The number of hydrogen-bond acceptors (Lipinski definition) is 3. The van der Waals surface area contributed by atoms with Gasteiger partial charge in [0.2, 0.25) is 0 Å². The first kappa shape index (κ1) is 22.5. The third kappa shape index (κ3) is 6.39. The first-order valence-corrected chi connectivity index (χ1v) is 9.46. The van der Waals surface area contributed by atoms with Crippen LogP contribution in [0.1, 0.15) is 27.0 Å². The molecule has 164 valence electrons. The van der Waals surface area contributed by atoms with Gasteiger partial charge in [-0.3, -0.25) is 9.48 Å². The molecule has 0 aliphatic carbocycles. The molecule has 1 N–H and O–H groups in total. The van der Waals surface area contributed by atoms with Crippen LogP contribution in [0.2, 0.25) is 0 Å². The van der Waals surface area contributed by atoms with Crippen LogP contribution in [0.15, 0.2) is 60.8 Å². The van der Waals surface area contributed by atoms with Crippen molar-refractivity contribution in [2.75, 3.05) is 11.9 Å². The van der Waals surface area contributed by atoms with Crippen molar-refractivity contribution in [3.8, 4) is 0 Å². The van der Waals surface area contributed by atoms with Crippen LogP contribution in [-0.4, -0.2) is 34.6 Å². The normalized spacial score (nSPS) is 11.7. The van der Waals surface area contributed by atoms with E-state index in [0.717, 1.165) is 11.1 Å². The van der Waals surface area contributed by atoms with Crippen molar-refractivity contribution in [3.63, 3.8) is 0 Å². The number of ether oxygens (including phenoxy) is 1. The van der Waals surface area contributed by atoms with Gasteiger partial charge in [0, 0.05) is 17.8 Å². The molecule has 0 aliphatic rings. The molecule has 0 saturated heterocycles. The minimum Gasteiger partial charge on any atom is -0.370 e. The Morgan fingerprint density at radius 1 is 1.13 bits per heavy atom. The third-order valence-electron chi connectivity index (χ3n) is 4.42. The lowest BCUT2D eigenvalue weighted by atomic mass is 10.1. The smallest absolute Gasteiger partial charge is 0.330 e. The summed E-state index contributed by atoms with van der Waals surface area (Å²) in [6.07, 6.45) is -2.06. The number of rotatable bonds is 9. The number of hydrogen-bond donors (Lipinski definition) is 1. The molecule has 3 aromatic rings. The summed E-state index contributed by atoms with van der Waals surface area (Å²) < 4.78 is 56.5. The van der Waals surface area contributed by atoms with Gasteiger partial charge in [-0.2, -0.15) is 13.9 Å². The summed E-state index contributed by atoms with van der Waals surface area (Å²) in [6.45, 7) is 0.825. The topological polar surface area (TPSA) is 56.2 Å². The summed E-state index contributed by atoms with van der Waals surface area (Å²) in [5.74, 6) is -4.30. The lowest BCUT2D eigenvalue weighted by Crippen LogP contribution is -2.32. The monoisotopic (exact) mass is 435 g/mol. The van der Waals surface area contributed by atoms with E-state index in [9.17, 15) is 22.4 Å². The quantitative estimate of drug-likeness (QED) is 0.486. The van der Waals surface area contributed by atoms with Gasteiger partial charge in [0.05, 0.1) is 13.2 Å². The molecule has 3 rings (SSSR count). The zero-order chi connectivity index (χ0) is 22.4. The maximum absolute atomic E-state index is 12.9. The Morgan fingerprint density at radius 2 is 1.87 bits per heavy atom. The van der Waals surface area contributed by atoms with Crippen LogP contribution in [-0.2, 0) is 17.9 Å². The van der Waals surface area contributed by atoms with Crippen LogP contribution in [0, 0.1) is 6.92 Å². The van der Waals surface area contributed by atoms with Crippen LogP contribution in [0.3, 0.4) is 0 Å². The van der Waals surface area contributed by atoms with Gasteiger partial charge in [0.15, 0.2) is 5.82 Å². The summed E-state index contributed by atoms with van der Waals surface area (Å²) in [5, 5.41) is 6.98. The molecule has 0 fully saturated rings. The number of aromatic nitrogens is 2. The van der Waals surface area contributed by atoms with Crippen LogP contribution >= 0.6 is 0 Å². The SMILES string of the molecule is Cc1ccc(Cn2ccc(NC(=O)c3cccc(COCC(F)(F)C(F)F)c3)n2)cc1. The van der Waals surface area contributed by atoms with Gasteiger partial charge in [0.1, 0.15) is 6.61 Å². The number of nitrogens with one attached hydrogen (secondary N) is 1. The summed E-state index contributed by atoms with van der Waals surface area (Å²) in [4.78, 5) is 12.5. The Kier molecular flexibility index (Phi) is 7.06. The maximum atomic E-state index is 12.9. The summed E-state index contributed by atoms with van der Waals surface area (Å²) >= 11 is 0. The predicted molar refractivity (Wildman–Crippen MR) is 108 cm³/mol. The predicted octanol–water partition coefficient (Wildman–Crippen LogP) is 4.91. The van der Waals surface area contributed by atoms with Crippen molar-refractivity contribution < 1.29 is 27.1 Å². The van der Waals surface area contributed by atoms with Gasteiger partial charge in [-0.1, -0.05) is 42.0 Å². The number of amides is 1. The maximum Gasteiger partial charge on any atom is 0.330 e. The highest BCUT2D eigenvalue weighted by atomic mass is 19.3. The number of aryl methyl sites for hydroxylation is 1. The van der Waals surface area contributed by atoms with Crippen LogP contribution in [0.5, 0.6) is 0 Å². The second kappa shape index (κ2) is 9.74. The molecule has 2 aromatic carbocycles. The Balaban J connectivity index is 1.56. The van der Waals surface area contributed by atoms with Crippen molar-refractivity contribution in [1.29, 1.82) is 0 Å². The zero-order valence-electron chi connectivity index (χ0n) is 16.7. The van der Waals surface area contributed by atoms with E-state index in [4.69, 9.17) is 0 Å². The molecular weight excluding hydrogens is 414 g/mol. The van der Waals surface area contributed by atoms with Crippen molar-refractivity contribution in [2.45, 2.75) is 32.4 Å². The highest BCUT2D eigenvalue weighted by Crippen LogP contribution is 2.23. The third-order valence-corrected chi connectivity index (χ3v) is 4.42. The van der Waals surface area contributed by atoms with Gasteiger partial charge in [-0.05, 0) is 30.2 Å². The van der Waals surface area contributed by atoms with Crippen molar-refractivity contribution in [3.05, 3.63) is 83.0 Å². The van der Waals surface area contributed by atoms with Crippen LogP contribution in [0.25, 0.3) is 0 Å². The van der Waals surface area contributed by atoms with Gasteiger partial charge in [0.25, 0.3) is 5.91 Å². The number of alkyl halides is 4. The van der Waals surface area contributed by atoms with Gasteiger partial charge in [-0.15, -0.1) is 0 Å². The Hall–Kier alpha value is -3.20. The molecule has 0 bridgehead atoms. The highest BCUT2D eigenvalue weighted by Gasteiger charge is 2.40. The zero-order valence-corrected chi connectivity index (χ0v) is 16.7. The number of carbonyl (C=O) groups is 1. The number of carbonyl (C=O) groups excluding carboxylic acids is 1. The van der Waals surface area contributed by atoms with Gasteiger partial charge in [-0.25, -0.2) is 8.78 Å². The molecule has 0 atom stereocenters. The average molecular weight is 435 g/mol. The molecule has 0 saturated carbocycles. The standard InChI is InChI=1S/C22H21F4N3O2/c1-15-5-7-16(8-6-15)12-29-10-9-19(28-29)27-20(30)18-4-2-3-17(11-18)13-31-14-22(25,26)21(23)24/h2-11,21H,12-14H2,1H3,(H,27,28,30). The Morgan fingerprint density at radius 3 is 2.58 bits per heavy atom. The number of nitrogens with zero attached hydrogens (tertiary/aromatic N) is 2. The minimum atomic E-state index is -4.22. The molecule has 1 amide bonds. The molecule has 0 aliphatic heterocycles. The van der Waals surface area contributed by atoms with Crippen molar-refractivity contribution >= 4 is 11.7 Å². The van der Waals surface area contributed by atoms with E-state index in [1.54, 1.807) is 29.1 Å². The van der Waals surface area contributed by atoms with E-state index in [2.05, 4.69) is 15.2 Å². The lowest BCUT2D eigenvalue weighted by Gasteiger charge is -2.15. The molecule has 31 heavy (non-hydrogen) atoms. The molecule has 0 spiro atoms. The van der Waals surface area contributed by atoms with E-state index in [1.165, 1.54) is 12.1 Å². The van der Waals surface area contributed by atoms with E-state index >= 15 is 0 Å². The highest BCUT2D eigenvalue weighted by molar-refractivity contribution is 6.03. The Labute approximate surface area is 176 Å². The largest absolute Gasteiger partial charge is 0.370 e. The number of halogens is 4. The second-order valence-electron chi connectivity index (χ2n) is 7.09. The Bertz CT molecular complexity index is 1020. The van der Waals surface area contributed by atoms with E-state index in [-0.39, 0.29) is 12.2 Å². The fourth-order valence-corrected chi connectivity index (χ4v) is 2.76. The molecular formula is C22H21F4N3O2. The summed E-state index contributed by atoms with van der Waals surface area (Å²) in [7, 11) is 0. The number of benzene rings is 2. The van der Waals surface area contributed by atoms with Crippen molar-refractivity contribution in [1.82, 2.24) is 9.78 Å².